The van der Waals surface area contributed by atoms with Crippen LogP contribution in [0.3, 0.4) is 0 Å². The quantitative estimate of drug-likeness (QED) is 0.784. The molecule has 4 heteroatoms. The predicted octanol–water partition coefficient (Wildman–Crippen LogP) is 2.88. The standard InChI is InChI=1S/C8H10Br2N2/c1-5-6(2)12-8(4-10)7(3-9)11-5/h3-4H2,1-2H3. The van der Waals surface area contributed by atoms with Gasteiger partial charge in [0.2, 0.25) is 0 Å². The number of nitrogens with zero attached hydrogens (tertiary/aromatic N) is 2. The molecule has 0 N–H and O–H groups in total. The van der Waals surface area contributed by atoms with Crippen molar-refractivity contribution in [3.8, 4) is 0 Å². The summed E-state index contributed by atoms with van der Waals surface area (Å²) in [5.41, 5.74) is 4.06. The van der Waals surface area contributed by atoms with Gasteiger partial charge in [0.25, 0.3) is 0 Å². The molecule has 0 saturated heterocycles. The SMILES string of the molecule is Cc1nc(CBr)c(CBr)nc1C. The van der Waals surface area contributed by atoms with E-state index in [1.165, 1.54) is 0 Å². The minimum Gasteiger partial charge on any atom is -0.253 e. The summed E-state index contributed by atoms with van der Waals surface area (Å²) >= 11 is 6.77. The van der Waals surface area contributed by atoms with Gasteiger partial charge in [0.1, 0.15) is 0 Å². The van der Waals surface area contributed by atoms with Gasteiger partial charge in [-0.1, -0.05) is 31.9 Å². The second kappa shape index (κ2) is 4.33. The maximum atomic E-state index is 4.42. The lowest BCUT2D eigenvalue weighted by Crippen LogP contribution is -2.02. The predicted molar refractivity (Wildman–Crippen MR) is 56.8 cm³/mol. The molecule has 0 atom stereocenters. The van der Waals surface area contributed by atoms with E-state index in [1.54, 1.807) is 0 Å². The third-order valence-corrected chi connectivity index (χ3v) is 2.78. The van der Waals surface area contributed by atoms with Crippen LogP contribution in [0, 0.1) is 13.8 Å². The number of hydrogen-bond donors (Lipinski definition) is 0. The van der Waals surface area contributed by atoms with Gasteiger partial charge in [0.05, 0.1) is 22.8 Å². The Labute approximate surface area is 89.1 Å². The van der Waals surface area contributed by atoms with Crippen LogP contribution in [0.25, 0.3) is 0 Å². The van der Waals surface area contributed by atoms with Crippen molar-refractivity contribution < 1.29 is 0 Å². The molecule has 66 valence electrons. The average molecular weight is 294 g/mol. The fraction of sp³-hybridized carbons (Fsp3) is 0.500. The molecular formula is C8H10Br2N2. The van der Waals surface area contributed by atoms with Gasteiger partial charge in [0, 0.05) is 10.7 Å². The molecule has 0 unspecified atom stereocenters. The molecule has 0 bridgehead atoms. The molecule has 0 spiro atoms. The molecule has 1 rings (SSSR count). The summed E-state index contributed by atoms with van der Waals surface area (Å²) in [5, 5.41) is 1.53. The van der Waals surface area contributed by atoms with Crippen LogP contribution in [-0.4, -0.2) is 9.97 Å². The number of halogens is 2. The van der Waals surface area contributed by atoms with Crippen LogP contribution in [0.5, 0.6) is 0 Å². The smallest absolute Gasteiger partial charge is 0.0736 e. The van der Waals surface area contributed by atoms with Crippen LogP contribution in [-0.2, 0) is 10.7 Å². The maximum absolute atomic E-state index is 4.42. The Morgan fingerprint density at radius 3 is 1.50 bits per heavy atom. The number of rotatable bonds is 2. The zero-order valence-corrected chi connectivity index (χ0v) is 10.2. The number of hydrogen-bond acceptors (Lipinski definition) is 2. The molecule has 0 aliphatic rings. The highest BCUT2D eigenvalue weighted by atomic mass is 79.9. The van der Waals surface area contributed by atoms with Crippen LogP contribution in [0.15, 0.2) is 0 Å². The van der Waals surface area contributed by atoms with Crippen LogP contribution in [0.1, 0.15) is 22.8 Å². The second-order valence-corrected chi connectivity index (χ2v) is 3.68. The van der Waals surface area contributed by atoms with Crippen molar-refractivity contribution in [2.45, 2.75) is 24.5 Å². The Kier molecular flexibility index (Phi) is 3.65. The van der Waals surface area contributed by atoms with Gasteiger partial charge in [-0.15, -0.1) is 0 Å². The fourth-order valence-electron chi connectivity index (χ4n) is 0.910. The fourth-order valence-corrected chi connectivity index (χ4v) is 1.81. The van der Waals surface area contributed by atoms with Crippen molar-refractivity contribution in [2.24, 2.45) is 0 Å². The summed E-state index contributed by atoms with van der Waals surface area (Å²) in [6.07, 6.45) is 0. The molecular weight excluding hydrogens is 284 g/mol. The van der Waals surface area contributed by atoms with Crippen LogP contribution < -0.4 is 0 Å². The van der Waals surface area contributed by atoms with Gasteiger partial charge >= 0.3 is 0 Å². The highest BCUT2D eigenvalue weighted by Crippen LogP contribution is 2.13. The van der Waals surface area contributed by atoms with E-state index in [1.807, 2.05) is 13.8 Å². The van der Waals surface area contributed by atoms with Gasteiger partial charge in [-0.2, -0.15) is 0 Å². The maximum Gasteiger partial charge on any atom is 0.0736 e. The number of aryl methyl sites for hydroxylation is 2. The van der Waals surface area contributed by atoms with Crippen LogP contribution >= 0.6 is 31.9 Å². The van der Waals surface area contributed by atoms with Crippen molar-refractivity contribution in [1.29, 1.82) is 0 Å². The van der Waals surface area contributed by atoms with Crippen molar-refractivity contribution in [3.63, 3.8) is 0 Å². The minimum absolute atomic E-state index is 0.766. The van der Waals surface area contributed by atoms with Gasteiger partial charge < -0.3 is 0 Å². The Morgan fingerprint density at radius 2 is 1.25 bits per heavy atom. The van der Waals surface area contributed by atoms with E-state index in [9.17, 15) is 0 Å². The monoisotopic (exact) mass is 292 g/mol. The number of alkyl halides is 2. The summed E-state index contributed by atoms with van der Waals surface area (Å²) in [7, 11) is 0. The lowest BCUT2D eigenvalue weighted by atomic mass is 10.3. The third-order valence-electron chi connectivity index (χ3n) is 1.72. The van der Waals surface area contributed by atoms with Crippen molar-refractivity contribution in [1.82, 2.24) is 9.97 Å². The third kappa shape index (κ3) is 2.04. The van der Waals surface area contributed by atoms with Crippen molar-refractivity contribution >= 4 is 31.9 Å². The van der Waals surface area contributed by atoms with Crippen LogP contribution in [0.4, 0.5) is 0 Å². The molecule has 1 aromatic rings. The molecule has 1 aromatic heterocycles. The highest BCUT2D eigenvalue weighted by Gasteiger charge is 2.05. The Bertz CT molecular complexity index is 258. The molecule has 0 radical (unpaired) electrons. The molecule has 12 heavy (non-hydrogen) atoms. The summed E-state index contributed by atoms with van der Waals surface area (Å²) in [6.45, 7) is 3.96. The molecule has 1 heterocycles. The second-order valence-electron chi connectivity index (χ2n) is 2.56. The highest BCUT2D eigenvalue weighted by molar-refractivity contribution is 9.09. The van der Waals surface area contributed by atoms with Crippen LogP contribution in [0.2, 0.25) is 0 Å². The van der Waals surface area contributed by atoms with E-state index < -0.39 is 0 Å². The van der Waals surface area contributed by atoms with E-state index in [0.717, 1.165) is 33.4 Å². The molecule has 0 aliphatic carbocycles. The number of aromatic nitrogens is 2. The lowest BCUT2D eigenvalue weighted by molar-refractivity contribution is 0.948. The first-order valence-corrected chi connectivity index (χ1v) is 5.88. The normalized spacial score (nSPS) is 10.3. The Hall–Kier alpha value is 0.0400. The largest absolute Gasteiger partial charge is 0.253 e. The minimum atomic E-state index is 0.766. The first kappa shape index (κ1) is 10.1. The molecule has 0 fully saturated rings. The molecule has 2 nitrogen and oxygen atoms in total. The van der Waals surface area contributed by atoms with Gasteiger partial charge in [-0.05, 0) is 13.8 Å². The van der Waals surface area contributed by atoms with Crippen molar-refractivity contribution in [2.75, 3.05) is 0 Å². The summed E-state index contributed by atoms with van der Waals surface area (Å²) in [5.74, 6) is 0. The zero-order valence-electron chi connectivity index (χ0n) is 7.06. The average Bonchev–Trinajstić information content (AvgIpc) is 2.09. The Morgan fingerprint density at radius 1 is 0.917 bits per heavy atom. The topological polar surface area (TPSA) is 25.8 Å². The summed E-state index contributed by atoms with van der Waals surface area (Å²) in [6, 6.07) is 0. The van der Waals surface area contributed by atoms with E-state index >= 15 is 0 Å². The van der Waals surface area contributed by atoms with E-state index in [2.05, 4.69) is 41.8 Å². The first-order chi connectivity index (χ1) is 5.69. The first-order valence-electron chi connectivity index (χ1n) is 3.64. The lowest BCUT2D eigenvalue weighted by Gasteiger charge is -2.05. The summed E-state index contributed by atoms with van der Waals surface area (Å²) < 4.78 is 0. The molecule has 0 amide bonds. The summed E-state index contributed by atoms with van der Waals surface area (Å²) in [4.78, 5) is 8.85. The van der Waals surface area contributed by atoms with Gasteiger partial charge in [-0.25, -0.2) is 0 Å². The molecule has 0 aromatic carbocycles. The zero-order chi connectivity index (χ0) is 9.14. The van der Waals surface area contributed by atoms with Crippen molar-refractivity contribution in [3.05, 3.63) is 22.8 Å². The van der Waals surface area contributed by atoms with E-state index in [4.69, 9.17) is 0 Å². The van der Waals surface area contributed by atoms with Gasteiger partial charge in [0.15, 0.2) is 0 Å². The Balaban J connectivity index is 3.19. The van der Waals surface area contributed by atoms with E-state index in [0.29, 0.717) is 0 Å². The molecule has 0 aliphatic heterocycles. The van der Waals surface area contributed by atoms with Gasteiger partial charge in [-0.3, -0.25) is 9.97 Å². The van der Waals surface area contributed by atoms with E-state index in [-0.39, 0.29) is 0 Å². The molecule has 0 saturated carbocycles.